The number of nitrogens with one attached hydrogen (secondary N) is 1. The average molecular weight is 210 g/mol. The van der Waals surface area contributed by atoms with Gasteiger partial charge in [0, 0.05) is 31.5 Å². The van der Waals surface area contributed by atoms with Crippen molar-refractivity contribution in [1.29, 1.82) is 0 Å². The third kappa shape index (κ3) is 2.17. The molecule has 1 aliphatic carbocycles. The van der Waals surface area contributed by atoms with E-state index < -0.39 is 0 Å². The Morgan fingerprint density at radius 1 is 1.40 bits per heavy atom. The first-order valence-corrected chi connectivity index (χ1v) is 6.14. The summed E-state index contributed by atoms with van der Waals surface area (Å²) >= 11 is 0. The van der Waals surface area contributed by atoms with E-state index in [0.29, 0.717) is 5.41 Å². The summed E-state index contributed by atoms with van der Waals surface area (Å²) in [5, 5.41) is 3.52. The monoisotopic (exact) mass is 210 g/mol. The van der Waals surface area contributed by atoms with E-state index in [-0.39, 0.29) is 5.91 Å². The minimum atomic E-state index is 0.245. The number of hydrogen-bond donors (Lipinski definition) is 1. The van der Waals surface area contributed by atoms with Crippen LogP contribution in [0.5, 0.6) is 0 Å². The molecule has 1 amide bonds. The molecule has 0 bridgehead atoms. The number of amides is 1. The normalized spacial score (nSPS) is 25.3. The third-order valence-corrected chi connectivity index (χ3v) is 4.04. The van der Waals surface area contributed by atoms with Crippen molar-refractivity contribution >= 4 is 5.91 Å². The zero-order valence-corrected chi connectivity index (χ0v) is 9.88. The lowest BCUT2D eigenvalue weighted by atomic mass is 9.67. The van der Waals surface area contributed by atoms with Gasteiger partial charge >= 0.3 is 0 Å². The van der Waals surface area contributed by atoms with Gasteiger partial charge in [0.1, 0.15) is 0 Å². The quantitative estimate of drug-likeness (QED) is 0.747. The Morgan fingerprint density at radius 3 is 2.47 bits per heavy atom. The second-order valence-corrected chi connectivity index (χ2v) is 5.21. The molecule has 3 heteroatoms. The minimum Gasteiger partial charge on any atom is -0.342 e. The molecule has 0 aromatic rings. The van der Waals surface area contributed by atoms with Crippen molar-refractivity contribution in [3.05, 3.63) is 0 Å². The largest absolute Gasteiger partial charge is 0.342 e. The van der Waals surface area contributed by atoms with E-state index >= 15 is 0 Å². The first kappa shape index (κ1) is 10.9. The van der Waals surface area contributed by atoms with E-state index in [1.807, 2.05) is 4.90 Å². The standard InChI is InChI=1S/C12H22N2O/c1-3-13-11-4-6-12(7-5-11)8-14(9-12)10(2)15/h11,13H,3-9H2,1-2H3. The van der Waals surface area contributed by atoms with E-state index in [1.165, 1.54) is 25.7 Å². The number of nitrogens with zero attached hydrogens (tertiary/aromatic N) is 1. The Kier molecular flexibility index (Phi) is 3.01. The highest BCUT2D eigenvalue weighted by molar-refractivity contribution is 5.74. The van der Waals surface area contributed by atoms with E-state index in [0.717, 1.165) is 25.7 Å². The van der Waals surface area contributed by atoms with Crippen LogP contribution >= 0.6 is 0 Å². The highest BCUT2D eigenvalue weighted by atomic mass is 16.2. The maximum atomic E-state index is 11.1. The van der Waals surface area contributed by atoms with E-state index in [9.17, 15) is 4.79 Å². The number of likely N-dealkylation sites (tertiary alicyclic amines) is 1. The van der Waals surface area contributed by atoms with Gasteiger partial charge in [0.15, 0.2) is 0 Å². The van der Waals surface area contributed by atoms with Gasteiger partial charge in [0.05, 0.1) is 0 Å². The molecule has 2 rings (SSSR count). The van der Waals surface area contributed by atoms with Crippen molar-refractivity contribution in [1.82, 2.24) is 10.2 Å². The van der Waals surface area contributed by atoms with Gasteiger partial charge < -0.3 is 10.2 Å². The van der Waals surface area contributed by atoms with Crippen molar-refractivity contribution in [2.75, 3.05) is 19.6 Å². The second-order valence-electron chi connectivity index (χ2n) is 5.21. The molecule has 1 N–H and O–H groups in total. The molecule has 1 saturated carbocycles. The molecule has 1 aliphatic heterocycles. The highest BCUT2D eigenvalue weighted by Gasteiger charge is 2.45. The van der Waals surface area contributed by atoms with Gasteiger partial charge in [-0.15, -0.1) is 0 Å². The predicted octanol–water partition coefficient (Wildman–Crippen LogP) is 1.39. The fourth-order valence-electron chi connectivity index (χ4n) is 3.03. The van der Waals surface area contributed by atoms with Crippen molar-refractivity contribution < 1.29 is 4.79 Å². The molecule has 15 heavy (non-hydrogen) atoms. The summed E-state index contributed by atoms with van der Waals surface area (Å²) in [6.45, 7) is 6.96. The molecule has 3 nitrogen and oxygen atoms in total. The zero-order valence-electron chi connectivity index (χ0n) is 9.88. The van der Waals surface area contributed by atoms with Crippen molar-refractivity contribution in [2.24, 2.45) is 5.41 Å². The number of hydrogen-bond acceptors (Lipinski definition) is 2. The molecule has 1 saturated heterocycles. The molecule has 0 atom stereocenters. The van der Waals surface area contributed by atoms with Crippen molar-refractivity contribution in [2.45, 2.75) is 45.6 Å². The fourth-order valence-corrected chi connectivity index (χ4v) is 3.03. The van der Waals surface area contributed by atoms with Crippen LogP contribution in [0.25, 0.3) is 0 Å². The van der Waals surface area contributed by atoms with E-state index in [2.05, 4.69) is 12.2 Å². The van der Waals surface area contributed by atoms with Crippen LogP contribution in [-0.4, -0.2) is 36.5 Å². The Hall–Kier alpha value is -0.570. The lowest BCUT2D eigenvalue weighted by molar-refractivity contribution is -0.143. The number of carbonyl (C=O) groups excluding carboxylic acids is 1. The summed E-state index contributed by atoms with van der Waals surface area (Å²) in [6, 6.07) is 0.729. The zero-order chi connectivity index (χ0) is 10.9. The average Bonchev–Trinajstić information content (AvgIpc) is 2.16. The maximum absolute atomic E-state index is 11.1. The summed E-state index contributed by atoms with van der Waals surface area (Å²) in [5.74, 6) is 0.245. The van der Waals surface area contributed by atoms with E-state index in [1.54, 1.807) is 6.92 Å². The topological polar surface area (TPSA) is 32.3 Å². The van der Waals surface area contributed by atoms with Gasteiger partial charge in [-0.3, -0.25) is 4.79 Å². The number of carbonyl (C=O) groups is 1. The molecule has 0 unspecified atom stereocenters. The van der Waals surface area contributed by atoms with Crippen LogP contribution in [0.15, 0.2) is 0 Å². The maximum Gasteiger partial charge on any atom is 0.219 e. The minimum absolute atomic E-state index is 0.245. The lowest BCUT2D eigenvalue weighted by Gasteiger charge is -2.53. The molecule has 0 aromatic carbocycles. The van der Waals surface area contributed by atoms with Crippen LogP contribution in [0, 0.1) is 5.41 Å². The smallest absolute Gasteiger partial charge is 0.219 e. The van der Waals surface area contributed by atoms with Gasteiger partial charge in [-0.2, -0.15) is 0 Å². The van der Waals surface area contributed by atoms with Crippen LogP contribution < -0.4 is 5.32 Å². The second kappa shape index (κ2) is 4.12. The predicted molar refractivity (Wildman–Crippen MR) is 60.6 cm³/mol. The van der Waals surface area contributed by atoms with Gasteiger partial charge in [-0.25, -0.2) is 0 Å². The molecule has 2 aliphatic rings. The van der Waals surface area contributed by atoms with Crippen molar-refractivity contribution in [3.63, 3.8) is 0 Å². The Labute approximate surface area is 92.2 Å². The number of rotatable bonds is 2. The SMILES string of the molecule is CCNC1CCC2(CC1)CN(C(C)=O)C2. The fraction of sp³-hybridized carbons (Fsp3) is 0.917. The molecule has 1 heterocycles. The third-order valence-electron chi connectivity index (χ3n) is 4.04. The molecule has 1 spiro atoms. The van der Waals surface area contributed by atoms with Gasteiger partial charge in [0.25, 0.3) is 0 Å². The summed E-state index contributed by atoms with van der Waals surface area (Å²) < 4.78 is 0. The molecule has 2 fully saturated rings. The first-order valence-electron chi connectivity index (χ1n) is 6.14. The first-order chi connectivity index (χ1) is 7.15. The highest BCUT2D eigenvalue weighted by Crippen LogP contribution is 2.43. The Bertz CT molecular complexity index is 236. The van der Waals surface area contributed by atoms with E-state index in [4.69, 9.17) is 0 Å². The van der Waals surface area contributed by atoms with Crippen LogP contribution in [-0.2, 0) is 4.79 Å². The van der Waals surface area contributed by atoms with Crippen LogP contribution in [0.1, 0.15) is 39.5 Å². The van der Waals surface area contributed by atoms with Gasteiger partial charge in [-0.1, -0.05) is 6.92 Å². The molecule has 0 radical (unpaired) electrons. The summed E-state index contributed by atoms with van der Waals surface area (Å²) in [7, 11) is 0. The van der Waals surface area contributed by atoms with Crippen LogP contribution in [0.3, 0.4) is 0 Å². The van der Waals surface area contributed by atoms with Gasteiger partial charge in [-0.05, 0) is 32.2 Å². The Balaban J connectivity index is 1.77. The van der Waals surface area contributed by atoms with Crippen LogP contribution in [0.2, 0.25) is 0 Å². The van der Waals surface area contributed by atoms with Gasteiger partial charge in [0.2, 0.25) is 5.91 Å². The summed E-state index contributed by atoms with van der Waals surface area (Å²) in [4.78, 5) is 13.1. The van der Waals surface area contributed by atoms with Crippen LogP contribution in [0.4, 0.5) is 0 Å². The Morgan fingerprint density at radius 2 is 2.00 bits per heavy atom. The molecule has 0 aromatic heterocycles. The lowest BCUT2D eigenvalue weighted by Crippen LogP contribution is -2.59. The molecule has 86 valence electrons. The summed E-state index contributed by atoms with van der Waals surface area (Å²) in [6.07, 6.45) is 5.18. The van der Waals surface area contributed by atoms with Crippen molar-refractivity contribution in [3.8, 4) is 0 Å². The molecular weight excluding hydrogens is 188 g/mol. The summed E-state index contributed by atoms with van der Waals surface area (Å²) in [5.41, 5.74) is 0.498. The molecular formula is C12H22N2O.